The Hall–Kier alpha value is -3.59. The molecule has 1 amide bonds. The molecule has 4 aromatic rings. The first-order valence-electron chi connectivity index (χ1n) is 9.39. The minimum Gasteiger partial charge on any atom is -0.489 e. The van der Waals surface area contributed by atoms with Crippen LogP contribution in [-0.2, 0) is 6.61 Å². The van der Waals surface area contributed by atoms with Gasteiger partial charge in [-0.25, -0.2) is 9.97 Å². The Morgan fingerprint density at radius 1 is 1.16 bits per heavy atom. The number of thiazole rings is 1. The van der Waals surface area contributed by atoms with E-state index in [-0.39, 0.29) is 18.3 Å². The van der Waals surface area contributed by atoms with Gasteiger partial charge in [-0.2, -0.15) is 8.78 Å². The first-order valence-corrected chi connectivity index (χ1v) is 10.2. The summed E-state index contributed by atoms with van der Waals surface area (Å²) in [6, 6.07) is 16.4. The van der Waals surface area contributed by atoms with Crippen molar-refractivity contribution in [3.05, 3.63) is 83.8 Å². The number of anilines is 1. The van der Waals surface area contributed by atoms with Crippen molar-refractivity contribution >= 4 is 22.4 Å². The summed E-state index contributed by atoms with van der Waals surface area (Å²) in [4.78, 5) is 21.7. The fraction of sp³-hybridized carbons (Fsp3) is 0.136. The molecule has 31 heavy (non-hydrogen) atoms. The predicted molar refractivity (Wildman–Crippen MR) is 114 cm³/mol. The van der Waals surface area contributed by atoms with E-state index in [9.17, 15) is 13.6 Å². The van der Waals surface area contributed by atoms with E-state index in [0.717, 1.165) is 15.9 Å². The molecule has 0 saturated carbocycles. The van der Waals surface area contributed by atoms with Gasteiger partial charge in [-0.1, -0.05) is 47.7 Å². The van der Waals surface area contributed by atoms with Crippen molar-refractivity contribution < 1.29 is 18.3 Å². The monoisotopic (exact) mass is 440 g/mol. The molecule has 0 saturated heterocycles. The Morgan fingerprint density at radius 3 is 2.68 bits per heavy atom. The van der Waals surface area contributed by atoms with E-state index in [2.05, 4.69) is 15.3 Å². The number of aromatic nitrogens is 3. The third kappa shape index (κ3) is 4.61. The van der Waals surface area contributed by atoms with E-state index >= 15 is 0 Å². The molecule has 2 heterocycles. The Balaban J connectivity index is 1.52. The largest absolute Gasteiger partial charge is 0.489 e. The highest BCUT2D eigenvalue weighted by Crippen LogP contribution is 2.33. The van der Waals surface area contributed by atoms with Crippen molar-refractivity contribution in [2.45, 2.75) is 20.1 Å². The zero-order chi connectivity index (χ0) is 21.8. The lowest BCUT2D eigenvalue weighted by atomic mass is 10.1. The molecule has 0 unspecified atom stereocenters. The molecule has 2 aromatic heterocycles. The number of ether oxygens (including phenoxy) is 1. The van der Waals surface area contributed by atoms with Gasteiger partial charge in [0.25, 0.3) is 5.91 Å². The van der Waals surface area contributed by atoms with Gasteiger partial charge in [0.2, 0.25) is 0 Å². The molecule has 9 heteroatoms. The van der Waals surface area contributed by atoms with Gasteiger partial charge in [0, 0.05) is 23.5 Å². The van der Waals surface area contributed by atoms with E-state index in [1.807, 2.05) is 42.5 Å². The summed E-state index contributed by atoms with van der Waals surface area (Å²) in [5, 5.41) is 3.06. The topological polar surface area (TPSA) is 69.0 Å². The van der Waals surface area contributed by atoms with E-state index in [1.165, 1.54) is 12.4 Å². The van der Waals surface area contributed by atoms with Crippen molar-refractivity contribution in [2.75, 3.05) is 5.32 Å². The minimum atomic E-state index is -2.71. The third-order valence-electron chi connectivity index (χ3n) is 4.50. The van der Waals surface area contributed by atoms with Gasteiger partial charge in [-0.05, 0) is 25.1 Å². The molecule has 0 aliphatic rings. The number of hydrogen-bond acceptors (Lipinski definition) is 5. The number of alkyl halides is 2. The van der Waals surface area contributed by atoms with Gasteiger partial charge in [-0.15, -0.1) is 0 Å². The van der Waals surface area contributed by atoms with Crippen molar-refractivity contribution in [1.82, 2.24) is 14.5 Å². The number of aryl methyl sites for hydroxylation is 1. The third-order valence-corrected chi connectivity index (χ3v) is 5.57. The van der Waals surface area contributed by atoms with Crippen LogP contribution in [0.3, 0.4) is 0 Å². The first kappa shape index (κ1) is 20.7. The molecule has 0 aliphatic heterocycles. The van der Waals surface area contributed by atoms with Crippen LogP contribution >= 0.6 is 11.3 Å². The van der Waals surface area contributed by atoms with E-state index < -0.39 is 6.55 Å². The van der Waals surface area contributed by atoms with Crippen molar-refractivity contribution in [2.24, 2.45) is 0 Å². The normalized spacial score (nSPS) is 11.0. The van der Waals surface area contributed by atoms with Crippen LogP contribution in [0, 0.1) is 6.92 Å². The SMILES string of the molecule is Cc1nc(NC(=O)c2ccccc2COc2ccccc2)sc1-c1nccn1C(F)F. The minimum absolute atomic E-state index is 0.113. The second-order valence-electron chi connectivity index (χ2n) is 6.58. The number of nitrogens with one attached hydrogen (secondary N) is 1. The number of benzene rings is 2. The lowest BCUT2D eigenvalue weighted by Crippen LogP contribution is -2.15. The second-order valence-corrected chi connectivity index (χ2v) is 7.58. The van der Waals surface area contributed by atoms with Crippen LogP contribution in [0.4, 0.5) is 13.9 Å². The zero-order valence-electron chi connectivity index (χ0n) is 16.5. The predicted octanol–water partition coefficient (Wildman–Crippen LogP) is 5.54. The molecule has 0 aliphatic carbocycles. The summed E-state index contributed by atoms with van der Waals surface area (Å²) in [6.07, 6.45) is 2.52. The Morgan fingerprint density at radius 2 is 1.90 bits per heavy atom. The maximum absolute atomic E-state index is 13.2. The molecule has 6 nitrogen and oxygen atoms in total. The fourth-order valence-electron chi connectivity index (χ4n) is 3.01. The molecule has 2 aromatic carbocycles. The number of para-hydroxylation sites is 1. The molecule has 0 atom stereocenters. The zero-order valence-corrected chi connectivity index (χ0v) is 17.3. The van der Waals surface area contributed by atoms with Crippen LogP contribution in [0.25, 0.3) is 10.7 Å². The molecule has 1 N–H and O–H groups in total. The molecule has 0 spiro atoms. The van der Waals surface area contributed by atoms with Crippen LogP contribution in [0.1, 0.15) is 28.2 Å². The van der Waals surface area contributed by atoms with Gasteiger partial charge in [0.1, 0.15) is 12.4 Å². The van der Waals surface area contributed by atoms with Crippen LogP contribution in [0.15, 0.2) is 67.0 Å². The summed E-state index contributed by atoms with van der Waals surface area (Å²) in [6.45, 7) is -0.802. The van der Waals surface area contributed by atoms with Gasteiger partial charge < -0.3 is 4.74 Å². The lowest BCUT2D eigenvalue weighted by Gasteiger charge is -2.10. The molecule has 158 valence electrons. The summed E-state index contributed by atoms with van der Waals surface area (Å²) in [5.41, 5.74) is 1.67. The molecule has 0 fully saturated rings. The van der Waals surface area contributed by atoms with Crippen LogP contribution in [0.5, 0.6) is 5.75 Å². The number of hydrogen-bond donors (Lipinski definition) is 1. The first-order chi connectivity index (χ1) is 15.0. The number of rotatable bonds is 7. The summed E-state index contributed by atoms with van der Waals surface area (Å²) >= 11 is 1.10. The fourth-order valence-corrected chi connectivity index (χ4v) is 3.98. The number of amides is 1. The number of carbonyl (C=O) groups is 1. The molecular weight excluding hydrogens is 422 g/mol. The maximum Gasteiger partial charge on any atom is 0.320 e. The number of nitrogens with zero attached hydrogens (tertiary/aromatic N) is 3. The summed E-state index contributed by atoms with van der Waals surface area (Å²) in [7, 11) is 0. The standard InChI is InChI=1S/C22H18F2N4O2S/c1-14-18(19-25-11-12-28(19)21(23)24)31-22(26-14)27-20(29)17-10-6-5-7-15(17)13-30-16-8-3-2-4-9-16/h2-12,21H,13H2,1H3,(H,26,27,29). The van der Waals surface area contributed by atoms with Crippen LogP contribution in [0.2, 0.25) is 0 Å². The number of imidazole rings is 1. The molecule has 4 rings (SSSR count). The summed E-state index contributed by atoms with van der Waals surface area (Å²) < 4.78 is 32.9. The highest BCUT2D eigenvalue weighted by atomic mass is 32.1. The number of halogens is 2. The van der Waals surface area contributed by atoms with Gasteiger partial charge in [-0.3, -0.25) is 14.7 Å². The molecule has 0 radical (unpaired) electrons. The maximum atomic E-state index is 13.2. The van der Waals surface area contributed by atoms with Gasteiger partial charge >= 0.3 is 6.55 Å². The van der Waals surface area contributed by atoms with Gasteiger partial charge in [0.05, 0.1) is 10.6 Å². The van der Waals surface area contributed by atoms with E-state index in [0.29, 0.717) is 32.6 Å². The Kier molecular flexibility index (Phi) is 6.03. The van der Waals surface area contributed by atoms with E-state index in [1.54, 1.807) is 19.1 Å². The lowest BCUT2D eigenvalue weighted by molar-refractivity contribution is 0.0720. The molecule has 0 bridgehead atoms. The van der Waals surface area contributed by atoms with E-state index in [4.69, 9.17) is 4.74 Å². The van der Waals surface area contributed by atoms with Gasteiger partial charge in [0.15, 0.2) is 11.0 Å². The number of carbonyl (C=O) groups excluding carboxylic acids is 1. The molecular formula is C22H18F2N4O2S. The van der Waals surface area contributed by atoms with Crippen LogP contribution < -0.4 is 10.1 Å². The Labute approximate surface area is 181 Å². The average molecular weight is 440 g/mol. The van der Waals surface area contributed by atoms with Crippen LogP contribution in [-0.4, -0.2) is 20.4 Å². The van der Waals surface area contributed by atoms with Crippen molar-refractivity contribution in [3.63, 3.8) is 0 Å². The smallest absolute Gasteiger partial charge is 0.320 e. The average Bonchev–Trinajstić information content (AvgIpc) is 3.39. The highest BCUT2D eigenvalue weighted by molar-refractivity contribution is 7.19. The quantitative estimate of drug-likeness (QED) is 0.410. The Bertz CT molecular complexity index is 1190. The van der Waals surface area contributed by atoms with Crippen molar-refractivity contribution in [1.29, 1.82) is 0 Å². The van der Waals surface area contributed by atoms with Crippen molar-refractivity contribution in [3.8, 4) is 16.5 Å². The second kappa shape index (κ2) is 9.05. The highest BCUT2D eigenvalue weighted by Gasteiger charge is 2.20. The summed E-state index contributed by atoms with van der Waals surface area (Å²) in [5.74, 6) is 0.458.